The van der Waals surface area contributed by atoms with Crippen LogP contribution in [0.5, 0.6) is 0 Å². The van der Waals surface area contributed by atoms with Crippen molar-refractivity contribution in [1.82, 2.24) is 4.90 Å². The zero-order chi connectivity index (χ0) is 8.39. The highest BCUT2D eigenvalue weighted by Crippen LogP contribution is 2.13. The van der Waals surface area contributed by atoms with Gasteiger partial charge in [0.25, 0.3) is 0 Å². The Kier molecular flexibility index (Phi) is 2.28. The molecule has 0 spiro atoms. The van der Waals surface area contributed by atoms with Crippen LogP contribution >= 0.6 is 0 Å². The number of likely N-dealkylation sites (tertiary alicyclic amines) is 1. The van der Waals surface area contributed by atoms with Gasteiger partial charge >= 0.3 is 0 Å². The first-order valence-electron chi connectivity index (χ1n) is 4.37. The van der Waals surface area contributed by atoms with E-state index < -0.39 is 0 Å². The van der Waals surface area contributed by atoms with Crippen molar-refractivity contribution >= 4 is 5.91 Å². The first-order valence-corrected chi connectivity index (χ1v) is 4.37. The molecule has 0 aromatic rings. The van der Waals surface area contributed by atoms with E-state index in [1.165, 1.54) is 0 Å². The summed E-state index contributed by atoms with van der Waals surface area (Å²) in [4.78, 5) is 13.0. The molecule has 4 heteroatoms. The molecule has 0 unspecified atom stereocenters. The van der Waals surface area contributed by atoms with Gasteiger partial charge in [-0.05, 0) is 6.42 Å². The summed E-state index contributed by atoms with van der Waals surface area (Å²) in [6.45, 7) is 2.79. The molecule has 0 radical (unpaired) electrons. The standard InChI is InChI=1S/C8H13NO3/c10-7-2-1-3-9(7)6-8-11-4-5-12-8/h8H,1-6H2. The predicted octanol–water partition coefficient (Wildman–Crippen LogP) is -0.0183. The molecule has 68 valence electrons. The molecular weight excluding hydrogens is 158 g/mol. The molecule has 2 aliphatic rings. The summed E-state index contributed by atoms with van der Waals surface area (Å²) in [5.74, 6) is 0.231. The molecule has 2 saturated heterocycles. The van der Waals surface area contributed by atoms with E-state index in [1.807, 2.05) is 4.90 Å². The Hall–Kier alpha value is -0.610. The molecule has 4 nitrogen and oxygen atoms in total. The summed E-state index contributed by atoms with van der Waals surface area (Å²) < 4.78 is 10.5. The van der Waals surface area contributed by atoms with E-state index in [2.05, 4.69) is 0 Å². The highest BCUT2D eigenvalue weighted by Gasteiger charge is 2.25. The second kappa shape index (κ2) is 3.41. The Balaban J connectivity index is 1.81. The summed E-state index contributed by atoms with van der Waals surface area (Å²) in [6, 6.07) is 0. The molecule has 2 heterocycles. The molecule has 2 rings (SSSR count). The quantitative estimate of drug-likeness (QED) is 0.586. The fourth-order valence-electron chi connectivity index (χ4n) is 1.59. The van der Waals surface area contributed by atoms with Crippen molar-refractivity contribution in [2.24, 2.45) is 0 Å². The molecular formula is C8H13NO3. The number of rotatable bonds is 2. The van der Waals surface area contributed by atoms with E-state index in [4.69, 9.17) is 9.47 Å². The molecule has 0 aliphatic carbocycles. The zero-order valence-corrected chi connectivity index (χ0v) is 6.99. The fraction of sp³-hybridized carbons (Fsp3) is 0.875. The van der Waals surface area contributed by atoms with Crippen LogP contribution in [0.15, 0.2) is 0 Å². The van der Waals surface area contributed by atoms with Crippen LogP contribution in [0, 0.1) is 0 Å². The molecule has 1 amide bonds. The van der Waals surface area contributed by atoms with Gasteiger partial charge in [0.2, 0.25) is 5.91 Å². The molecule has 0 aromatic carbocycles. The highest BCUT2D eigenvalue weighted by atomic mass is 16.7. The van der Waals surface area contributed by atoms with Crippen molar-refractivity contribution in [3.05, 3.63) is 0 Å². The van der Waals surface area contributed by atoms with Crippen molar-refractivity contribution in [3.63, 3.8) is 0 Å². The van der Waals surface area contributed by atoms with E-state index >= 15 is 0 Å². The van der Waals surface area contributed by atoms with Gasteiger partial charge in [-0.3, -0.25) is 4.79 Å². The van der Waals surface area contributed by atoms with Gasteiger partial charge in [0.15, 0.2) is 6.29 Å². The summed E-state index contributed by atoms with van der Waals surface area (Å²) >= 11 is 0. The number of nitrogens with zero attached hydrogens (tertiary/aromatic N) is 1. The van der Waals surface area contributed by atoms with Gasteiger partial charge in [0.05, 0.1) is 19.8 Å². The van der Waals surface area contributed by atoms with E-state index in [9.17, 15) is 4.79 Å². The average Bonchev–Trinajstić information content (AvgIpc) is 2.65. The third-order valence-corrected chi connectivity index (χ3v) is 2.23. The van der Waals surface area contributed by atoms with Crippen molar-refractivity contribution in [2.75, 3.05) is 26.3 Å². The van der Waals surface area contributed by atoms with Crippen LogP contribution in [-0.4, -0.2) is 43.4 Å². The van der Waals surface area contributed by atoms with E-state index in [-0.39, 0.29) is 12.2 Å². The molecule has 2 aliphatic heterocycles. The van der Waals surface area contributed by atoms with Crippen LogP contribution < -0.4 is 0 Å². The molecule has 2 fully saturated rings. The van der Waals surface area contributed by atoms with Gasteiger partial charge < -0.3 is 14.4 Å². The molecule has 0 N–H and O–H groups in total. The first kappa shape index (κ1) is 8.01. The van der Waals surface area contributed by atoms with Gasteiger partial charge in [-0.2, -0.15) is 0 Å². The smallest absolute Gasteiger partial charge is 0.222 e. The number of carbonyl (C=O) groups excluding carboxylic acids is 1. The summed E-state index contributed by atoms with van der Waals surface area (Å²) in [5.41, 5.74) is 0. The minimum atomic E-state index is -0.174. The first-order chi connectivity index (χ1) is 5.86. The molecule has 0 bridgehead atoms. The largest absolute Gasteiger partial charge is 0.348 e. The van der Waals surface area contributed by atoms with Gasteiger partial charge in [0, 0.05) is 13.0 Å². The zero-order valence-electron chi connectivity index (χ0n) is 6.99. The van der Waals surface area contributed by atoms with E-state index in [0.717, 1.165) is 13.0 Å². The van der Waals surface area contributed by atoms with Crippen molar-refractivity contribution in [1.29, 1.82) is 0 Å². The predicted molar refractivity (Wildman–Crippen MR) is 41.5 cm³/mol. The van der Waals surface area contributed by atoms with Crippen LogP contribution in [0.4, 0.5) is 0 Å². The third-order valence-electron chi connectivity index (χ3n) is 2.23. The Morgan fingerprint density at radius 1 is 1.42 bits per heavy atom. The highest BCUT2D eigenvalue weighted by molar-refractivity contribution is 5.78. The number of ether oxygens (including phenoxy) is 2. The van der Waals surface area contributed by atoms with Gasteiger partial charge in [0.1, 0.15) is 0 Å². The minimum Gasteiger partial charge on any atom is -0.348 e. The summed E-state index contributed by atoms with van der Waals surface area (Å²) in [5, 5.41) is 0. The lowest BCUT2D eigenvalue weighted by Crippen LogP contribution is -2.33. The maximum absolute atomic E-state index is 11.2. The maximum Gasteiger partial charge on any atom is 0.222 e. The fourth-order valence-corrected chi connectivity index (χ4v) is 1.59. The van der Waals surface area contributed by atoms with Gasteiger partial charge in [-0.25, -0.2) is 0 Å². The van der Waals surface area contributed by atoms with Crippen molar-refractivity contribution < 1.29 is 14.3 Å². The van der Waals surface area contributed by atoms with Gasteiger partial charge in [-0.15, -0.1) is 0 Å². The number of hydrogen-bond acceptors (Lipinski definition) is 3. The Bertz CT molecular complexity index is 177. The molecule has 0 saturated carbocycles. The normalized spacial score (nSPS) is 25.7. The Morgan fingerprint density at radius 3 is 2.75 bits per heavy atom. The Morgan fingerprint density at radius 2 is 2.17 bits per heavy atom. The lowest BCUT2D eigenvalue weighted by atomic mass is 10.4. The topological polar surface area (TPSA) is 38.8 Å². The van der Waals surface area contributed by atoms with Crippen molar-refractivity contribution in [3.8, 4) is 0 Å². The minimum absolute atomic E-state index is 0.174. The molecule has 0 atom stereocenters. The van der Waals surface area contributed by atoms with Crippen LogP contribution in [0.2, 0.25) is 0 Å². The SMILES string of the molecule is O=C1CCCN1CC1OCCO1. The monoisotopic (exact) mass is 171 g/mol. The lowest BCUT2D eigenvalue weighted by Gasteiger charge is -2.18. The Labute approximate surface area is 71.4 Å². The number of hydrogen-bond donors (Lipinski definition) is 0. The second-order valence-electron chi connectivity index (χ2n) is 3.11. The maximum atomic E-state index is 11.2. The third kappa shape index (κ3) is 1.59. The summed E-state index contributed by atoms with van der Waals surface area (Å²) in [7, 11) is 0. The van der Waals surface area contributed by atoms with Crippen LogP contribution in [0.25, 0.3) is 0 Å². The molecule has 12 heavy (non-hydrogen) atoms. The van der Waals surface area contributed by atoms with Crippen molar-refractivity contribution in [2.45, 2.75) is 19.1 Å². The summed E-state index contributed by atoms with van der Waals surface area (Å²) in [6.07, 6.45) is 1.49. The number of amides is 1. The van der Waals surface area contributed by atoms with Crippen LogP contribution in [0.1, 0.15) is 12.8 Å². The molecule has 0 aromatic heterocycles. The number of carbonyl (C=O) groups is 1. The van der Waals surface area contributed by atoms with Crippen LogP contribution in [0.3, 0.4) is 0 Å². The lowest BCUT2D eigenvalue weighted by molar-refractivity contribution is -0.133. The van der Waals surface area contributed by atoms with Gasteiger partial charge in [-0.1, -0.05) is 0 Å². The van der Waals surface area contributed by atoms with Crippen LogP contribution in [-0.2, 0) is 14.3 Å². The van der Waals surface area contributed by atoms with E-state index in [1.54, 1.807) is 0 Å². The average molecular weight is 171 g/mol. The second-order valence-corrected chi connectivity index (χ2v) is 3.11. The van der Waals surface area contributed by atoms with E-state index in [0.29, 0.717) is 26.2 Å².